The molecule has 1 saturated heterocycles. The van der Waals surface area contributed by atoms with Crippen LogP contribution in [0.25, 0.3) is 0 Å². The van der Waals surface area contributed by atoms with E-state index in [2.05, 4.69) is 4.98 Å². The number of pyridine rings is 1. The van der Waals surface area contributed by atoms with Gasteiger partial charge in [0.05, 0.1) is 18.4 Å². The highest BCUT2D eigenvalue weighted by Gasteiger charge is 2.28. The van der Waals surface area contributed by atoms with E-state index >= 15 is 0 Å². The summed E-state index contributed by atoms with van der Waals surface area (Å²) >= 11 is 0. The third-order valence-corrected chi connectivity index (χ3v) is 3.22. The van der Waals surface area contributed by atoms with Gasteiger partial charge in [-0.05, 0) is 25.8 Å². The lowest BCUT2D eigenvalue weighted by molar-refractivity contribution is 0.0349. The van der Waals surface area contributed by atoms with Gasteiger partial charge < -0.3 is 15.1 Å². The van der Waals surface area contributed by atoms with E-state index in [0.29, 0.717) is 37.3 Å². The quantitative estimate of drug-likeness (QED) is 0.811. The molecule has 1 aromatic heterocycles. The monoisotopic (exact) mass is 240 g/mol. The molecule has 0 spiro atoms. The highest BCUT2D eigenvalue weighted by molar-refractivity contribution is 5.47. The molecule has 0 unspecified atom stereocenters. The number of aromatic nitrogens is 1. The first-order chi connectivity index (χ1) is 8.02. The molecule has 1 aromatic rings. The molecule has 2 heterocycles. The molecule has 1 fully saturated rings. The van der Waals surface area contributed by atoms with E-state index in [1.807, 2.05) is 11.8 Å². The molecule has 0 bridgehead atoms. The van der Waals surface area contributed by atoms with E-state index in [0.717, 1.165) is 6.20 Å². The minimum Gasteiger partial charge on any atom is -0.392 e. The third kappa shape index (κ3) is 2.73. The summed E-state index contributed by atoms with van der Waals surface area (Å²) in [7, 11) is 0. The highest BCUT2D eigenvalue weighted by Crippen LogP contribution is 2.27. The zero-order chi connectivity index (χ0) is 12.5. The van der Waals surface area contributed by atoms with Crippen molar-refractivity contribution in [2.45, 2.75) is 32.0 Å². The number of nitrogens with zero attached hydrogens (tertiary/aromatic N) is 2. The molecule has 5 heteroatoms. The van der Waals surface area contributed by atoms with Crippen LogP contribution in [0.2, 0.25) is 0 Å². The summed E-state index contributed by atoms with van der Waals surface area (Å²) < 4.78 is 13.0. The fourth-order valence-corrected chi connectivity index (χ4v) is 2.08. The van der Waals surface area contributed by atoms with Gasteiger partial charge in [0.25, 0.3) is 0 Å². The van der Waals surface area contributed by atoms with Crippen LogP contribution < -0.4 is 4.90 Å². The number of hydrogen-bond donors (Lipinski definition) is 2. The largest absolute Gasteiger partial charge is 0.392 e. The molecular formula is C12H17FN2O2. The maximum absolute atomic E-state index is 13.0. The van der Waals surface area contributed by atoms with Crippen molar-refractivity contribution in [2.24, 2.45) is 0 Å². The van der Waals surface area contributed by atoms with Gasteiger partial charge in [0.2, 0.25) is 0 Å². The van der Waals surface area contributed by atoms with Crippen molar-refractivity contribution in [3.63, 3.8) is 0 Å². The number of halogens is 1. The first kappa shape index (κ1) is 12.3. The second-order valence-corrected chi connectivity index (χ2v) is 4.78. The molecule has 0 saturated carbocycles. The van der Waals surface area contributed by atoms with Crippen molar-refractivity contribution in [1.29, 1.82) is 0 Å². The Morgan fingerprint density at radius 1 is 1.47 bits per heavy atom. The smallest absolute Gasteiger partial charge is 0.142 e. The Hall–Kier alpha value is -1.20. The van der Waals surface area contributed by atoms with E-state index in [9.17, 15) is 14.6 Å². The highest BCUT2D eigenvalue weighted by atomic mass is 19.1. The topological polar surface area (TPSA) is 56.6 Å². The summed E-state index contributed by atoms with van der Waals surface area (Å²) in [6.07, 6.45) is 2.45. The lowest BCUT2D eigenvalue weighted by Crippen LogP contribution is -2.43. The standard InChI is InChI=1S/C12H17FN2O2/c1-12(17)2-4-15(5-3-12)11-9(8-16)6-10(13)7-14-11/h6-7,16-17H,2-5,8H2,1H3. The Kier molecular flexibility index (Phi) is 3.31. The number of piperidine rings is 1. The number of hydrogen-bond acceptors (Lipinski definition) is 4. The summed E-state index contributed by atoms with van der Waals surface area (Å²) in [5.41, 5.74) is -0.137. The summed E-state index contributed by atoms with van der Waals surface area (Å²) in [4.78, 5) is 6.00. The van der Waals surface area contributed by atoms with Crippen LogP contribution in [-0.4, -0.2) is 33.9 Å². The van der Waals surface area contributed by atoms with Crippen molar-refractivity contribution in [3.05, 3.63) is 23.6 Å². The Bertz CT molecular complexity index is 399. The zero-order valence-electron chi connectivity index (χ0n) is 9.86. The van der Waals surface area contributed by atoms with Crippen molar-refractivity contribution >= 4 is 5.82 Å². The predicted molar refractivity (Wildman–Crippen MR) is 62.2 cm³/mol. The zero-order valence-corrected chi connectivity index (χ0v) is 9.86. The molecule has 1 aliphatic heterocycles. The van der Waals surface area contributed by atoms with Crippen LogP contribution in [0, 0.1) is 5.82 Å². The average Bonchev–Trinajstić information content (AvgIpc) is 2.29. The van der Waals surface area contributed by atoms with Gasteiger partial charge in [0, 0.05) is 18.7 Å². The van der Waals surface area contributed by atoms with Gasteiger partial charge in [-0.3, -0.25) is 0 Å². The van der Waals surface area contributed by atoms with Crippen LogP contribution in [0.5, 0.6) is 0 Å². The summed E-state index contributed by atoms with van der Waals surface area (Å²) in [5.74, 6) is 0.172. The van der Waals surface area contributed by atoms with Gasteiger partial charge in [-0.15, -0.1) is 0 Å². The van der Waals surface area contributed by atoms with Gasteiger partial charge in [-0.1, -0.05) is 0 Å². The first-order valence-corrected chi connectivity index (χ1v) is 5.74. The number of aliphatic hydroxyl groups excluding tert-OH is 1. The van der Waals surface area contributed by atoms with E-state index in [1.54, 1.807) is 0 Å². The van der Waals surface area contributed by atoms with E-state index in [-0.39, 0.29) is 6.61 Å². The number of aliphatic hydroxyl groups is 2. The molecule has 2 N–H and O–H groups in total. The maximum Gasteiger partial charge on any atom is 0.142 e. The summed E-state index contributed by atoms with van der Waals surface area (Å²) in [5, 5.41) is 19.0. The van der Waals surface area contributed by atoms with Gasteiger partial charge in [0.1, 0.15) is 11.6 Å². The Morgan fingerprint density at radius 3 is 2.71 bits per heavy atom. The number of anilines is 1. The van der Waals surface area contributed by atoms with Gasteiger partial charge in [-0.25, -0.2) is 9.37 Å². The summed E-state index contributed by atoms with van der Waals surface area (Å²) in [6.45, 7) is 2.92. The molecule has 4 nitrogen and oxygen atoms in total. The molecule has 94 valence electrons. The van der Waals surface area contributed by atoms with E-state index in [1.165, 1.54) is 6.07 Å². The minimum absolute atomic E-state index is 0.229. The molecule has 0 aromatic carbocycles. The van der Waals surface area contributed by atoms with Gasteiger partial charge in [0.15, 0.2) is 0 Å². The lowest BCUT2D eigenvalue weighted by Gasteiger charge is -2.37. The van der Waals surface area contributed by atoms with Crippen LogP contribution in [0.15, 0.2) is 12.3 Å². The summed E-state index contributed by atoms with van der Waals surface area (Å²) in [6, 6.07) is 1.30. The second-order valence-electron chi connectivity index (χ2n) is 4.78. The molecule has 0 amide bonds. The Balaban J connectivity index is 2.18. The van der Waals surface area contributed by atoms with Crippen LogP contribution in [-0.2, 0) is 6.61 Å². The van der Waals surface area contributed by atoms with Crippen LogP contribution in [0.3, 0.4) is 0 Å². The van der Waals surface area contributed by atoms with Crippen molar-refractivity contribution in [2.75, 3.05) is 18.0 Å². The van der Waals surface area contributed by atoms with Crippen molar-refractivity contribution < 1.29 is 14.6 Å². The maximum atomic E-state index is 13.0. The van der Waals surface area contributed by atoms with E-state index < -0.39 is 11.4 Å². The molecular weight excluding hydrogens is 223 g/mol. The van der Waals surface area contributed by atoms with Gasteiger partial charge >= 0.3 is 0 Å². The molecule has 0 aliphatic carbocycles. The lowest BCUT2D eigenvalue weighted by atomic mass is 9.93. The number of rotatable bonds is 2. The molecule has 0 atom stereocenters. The molecule has 17 heavy (non-hydrogen) atoms. The molecule has 2 rings (SSSR count). The Morgan fingerprint density at radius 2 is 2.12 bits per heavy atom. The van der Waals surface area contributed by atoms with Crippen molar-refractivity contribution in [3.8, 4) is 0 Å². The van der Waals surface area contributed by atoms with Crippen LogP contribution in [0.1, 0.15) is 25.3 Å². The normalized spacial score (nSPS) is 19.4. The third-order valence-electron chi connectivity index (χ3n) is 3.22. The predicted octanol–water partition coefficient (Wildman–Crippen LogP) is 1.06. The van der Waals surface area contributed by atoms with Gasteiger partial charge in [-0.2, -0.15) is 0 Å². The van der Waals surface area contributed by atoms with E-state index in [4.69, 9.17) is 0 Å². The second kappa shape index (κ2) is 4.58. The van der Waals surface area contributed by atoms with Crippen LogP contribution in [0.4, 0.5) is 10.2 Å². The average molecular weight is 240 g/mol. The van der Waals surface area contributed by atoms with Crippen LogP contribution >= 0.6 is 0 Å². The van der Waals surface area contributed by atoms with Crippen molar-refractivity contribution in [1.82, 2.24) is 4.98 Å². The minimum atomic E-state index is -0.629. The SMILES string of the molecule is CC1(O)CCN(c2ncc(F)cc2CO)CC1. The molecule has 0 radical (unpaired) electrons. The first-order valence-electron chi connectivity index (χ1n) is 5.74. The fraction of sp³-hybridized carbons (Fsp3) is 0.583. The Labute approximate surface area is 99.7 Å². The molecule has 1 aliphatic rings. The fourth-order valence-electron chi connectivity index (χ4n) is 2.08.